The minimum Gasteiger partial charge on any atom is -0.405 e. The molecule has 2 N–H and O–H groups in total. The Morgan fingerprint density at radius 2 is 2.10 bits per heavy atom. The predicted octanol–water partition coefficient (Wildman–Crippen LogP) is -0.209. The van der Waals surface area contributed by atoms with E-state index in [1.807, 2.05) is 6.08 Å². The van der Waals surface area contributed by atoms with Crippen LogP contribution in [0.1, 0.15) is 0 Å². The fraction of sp³-hybridized carbons (Fsp3) is 0.714. The molecule has 0 atom stereocenters. The second kappa shape index (κ2) is 4.30. The van der Waals surface area contributed by atoms with Crippen LogP contribution in [0.4, 0.5) is 0 Å². The molecule has 3 nitrogen and oxygen atoms in total. The molecule has 0 saturated carbocycles. The Kier molecular flexibility index (Phi) is 3.26. The van der Waals surface area contributed by atoms with E-state index in [0.717, 1.165) is 32.8 Å². The lowest BCUT2D eigenvalue weighted by atomic mass is 10.4. The van der Waals surface area contributed by atoms with Gasteiger partial charge in [0.25, 0.3) is 0 Å². The van der Waals surface area contributed by atoms with Crippen molar-refractivity contribution >= 4 is 0 Å². The first kappa shape index (κ1) is 7.57. The van der Waals surface area contributed by atoms with Gasteiger partial charge in [-0.25, -0.2) is 0 Å². The average molecular weight is 142 g/mol. The molecule has 1 fully saturated rings. The van der Waals surface area contributed by atoms with E-state index in [0.29, 0.717) is 0 Å². The van der Waals surface area contributed by atoms with Crippen molar-refractivity contribution in [3.8, 4) is 0 Å². The molecule has 0 spiro atoms. The van der Waals surface area contributed by atoms with E-state index < -0.39 is 0 Å². The lowest BCUT2D eigenvalue weighted by Gasteiger charge is -2.24. The lowest BCUT2D eigenvalue weighted by molar-refractivity contribution is 0.0434. The van der Waals surface area contributed by atoms with E-state index in [1.54, 1.807) is 6.20 Å². The molecule has 0 bridgehead atoms. The van der Waals surface area contributed by atoms with Gasteiger partial charge in [-0.2, -0.15) is 0 Å². The Morgan fingerprint density at radius 3 is 2.70 bits per heavy atom. The van der Waals surface area contributed by atoms with E-state index in [1.165, 1.54) is 0 Å². The van der Waals surface area contributed by atoms with Gasteiger partial charge in [0.05, 0.1) is 13.2 Å². The normalized spacial score (nSPS) is 22.0. The van der Waals surface area contributed by atoms with Gasteiger partial charge in [-0.1, -0.05) is 6.08 Å². The summed E-state index contributed by atoms with van der Waals surface area (Å²) >= 11 is 0. The van der Waals surface area contributed by atoms with Gasteiger partial charge in [-0.05, 0) is 6.20 Å². The first-order chi connectivity index (χ1) is 4.93. The van der Waals surface area contributed by atoms with Crippen LogP contribution in [0.3, 0.4) is 0 Å². The Balaban J connectivity index is 2.13. The molecule has 1 aliphatic rings. The van der Waals surface area contributed by atoms with Crippen molar-refractivity contribution in [2.45, 2.75) is 0 Å². The van der Waals surface area contributed by atoms with E-state index in [-0.39, 0.29) is 0 Å². The zero-order chi connectivity index (χ0) is 7.23. The average Bonchev–Trinajstić information content (AvgIpc) is 2.03. The van der Waals surface area contributed by atoms with Gasteiger partial charge >= 0.3 is 0 Å². The van der Waals surface area contributed by atoms with Crippen LogP contribution in [0.2, 0.25) is 0 Å². The van der Waals surface area contributed by atoms with Gasteiger partial charge < -0.3 is 10.5 Å². The van der Waals surface area contributed by atoms with Crippen molar-refractivity contribution in [2.75, 3.05) is 32.8 Å². The van der Waals surface area contributed by atoms with Crippen LogP contribution >= 0.6 is 0 Å². The quantitative estimate of drug-likeness (QED) is 0.580. The first-order valence-electron chi connectivity index (χ1n) is 3.60. The standard InChI is InChI=1S/C7H14N2O/c8-2-1-3-9-4-6-10-7-5-9/h1-2H,3-8H2. The Bertz CT molecular complexity index is 108. The van der Waals surface area contributed by atoms with Crippen molar-refractivity contribution in [2.24, 2.45) is 5.73 Å². The number of nitrogens with zero attached hydrogens (tertiary/aromatic N) is 1. The van der Waals surface area contributed by atoms with E-state index in [2.05, 4.69) is 4.90 Å². The molecule has 1 saturated heterocycles. The maximum atomic E-state index is 5.21. The summed E-state index contributed by atoms with van der Waals surface area (Å²) < 4.78 is 5.18. The monoisotopic (exact) mass is 142 g/mol. The zero-order valence-electron chi connectivity index (χ0n) is 6.12. The van der Waals surface area contributed by atoms with Crippen molar-refractivity contribution in [1.29, 1.82) is 0 Å². The molecular weight excluding hydrogens is 128 g/mol. The molecular formula is C7H14N2O. The fourth-order valence-electron chi connectivity index (χ4n) is 0.994. The zero-order valence-corrected chi connectivity index (χ0v) is 6.12. The second-order valence-corrected chi connectivity index (χ2v) is 2.34. The lowest BCUT2D eigenvalue weighted by Crippen LogP contribution is -2.36. The van der Waals surface area contributed by atoms with Crippen LogP contribution in [-0.2, 0) is 4.74 Å². The third-order valence-electron chi connectivity index (χ3n) is 1.60. The maximum absolute atomic E-state index is 5.21. The number of rotatable bonds is 2. The number of nitrogens with two attached hydrogens (primary N) is 1. The molecule has 1 aliphatic heterocycles. The van der Waals surface area contributed by atoms with Crippen LogP contribution < -0.4 is 5.73 Å². The molecule has 1 rings (SSSR count). The van der Waals surface area contributed by atoms with Gasteiger partial charge in [0.1, 0.15) is 0 Å². The van der Waals surface area contributed by atoms with Crippen molar-refractivity contribution < 1.29 is 4.74 Å². The number of morpholine rings is 1. The molecule has 0 amide bonds. The summed E-state index contributed by atoms with van der Waals surface area (Å²) in [6.45, 7) is 4.74. The summed E-state index contributed by atoms with van der Waals surface area (Å²) in [4.78, 5) is 2.31. The van der Waals surface area contributed by atoms with Gasteiger partial charge in [0.2, 0.25) is 0 Å². The molecule has 0 aromatic rings. The van der Waals surface area contributed by atoms with E-state index in [9.17, 15) is 0 Å². The Morgan fingerprint density at radius 1 is 1.40 bits per heavy atom. The van der Waals surface area contributed by atoms with Crippen LogP contribution in [-0.4, -0.2) is 37.7 Å². The molecule has 58 valence electrons. The Hall–Kier alpha value is -0.540. The summed E-state index contributed by atoms with van der Waals surface area (Å²) in [6.07, 6.45) is 3.56. The number of hydrogen-bond donors (Lipinski definition) is 1. The minimum absolute atomic E-state index is 0.860. The third kappa shape index (κ3) is 2.37. The van der Waals surface area contributed by atoms with Crippen molar-refractivity contribution in [3.05, 3.63) is 12.3 Å². The van der Waals surface area contributed by atoms with Gasteiger partial charge in [0, 0.05) is 19.6 Å². The minimum atomic E-state index is 0.860. The summed E-state index contributed by atoms with van der Waals surface area (Å²) in [7, 11) is 0. The highest BCUT2D eigenvalue weighted by Gasteiger charge is 2.06. The molecule has 1 heterocycles. The second-order valence-electron chi connectivity index (χ2n) is 2.34. The maximum Gasteiger partial charge on any atom is 0.0594 e. The first-order valence-corrected chi connectivity index (χ1v) is 3.60. The molecule has 0 aromatic carbocycles. The highest BCUT2D eigenvalue weighted by Crippen LogP contribution is 1.95. The summed E-state index contributed by atoms with van der Waals surface area (Å²) in [5.41, 5.74) is 5.21. The molecule has 3 heteroatoms. The van der Waals surface area contributed by atoms with E-state index >= 15 is 0 Å². The smallest absolute Gasteiger partial charge is 0.0594 e. The third-order valence-corrected chi connectivity index (χ3v) is 1.60. The van der Waals surface area contributed by atoms with Gasteiger partial charge in [-0.15, -0.1) is 0 Å². The number of ether oxygens (including phenoxy) is 1. The van der Waals surface area contributed by atoms with E-state index in [4.69, 9.17) is 10.5 Å². The van der Waals surface area contributed by atoms with Crippen molar-refractivity contribution in [1.82, 2.24) is 4.90 Å². The highest BCUT2D eigenvalue weighted by atomic mass is 16.5. The molecule has 0 aromatic heterocycles. The van der Waals surface area contributed by atoms with Gasteiger partial charge in [0.15, 0.2) is 0 Å². The van der Waals surface area contributed by atoms with Gasteiger partial charge in [-0.3, -0.25) is 4.90 Å². The SMILES string of the molecule is NC=CCN1CCOCC1. The molecule has 0 radical (unpaired) electrons. The molecule has 0 aliphatic carbocycles. The van der Waals surface area contributed by atoms with Crippen molar-refractivity contribution in [3.63, 3.8) is 0 Å². The largest absolute Gasteiger partial charge is 0.405 e. The number of hydrogen-bond acceptors (Lipinski definition) is 3. The molecule has 0 unspecified atom stereocenters. The topological polar surface area (TPSA) is 38.5 Å². The van der Waals surface area contributed by atoms with Crippen LogP contribution in [0.15, 0.2) is 12.3 Å². The fourth-order valence-corrected chi connectivity index (χ4v) is 0.994. The summed E-state index contributed by atoms with van der Waals surface area (Å²) in [5.74, 6) is 0. The van der Waals surface area contributed by atoms with Crippen LogP contribution in [0, 0.1) is 0 Å². The summed E-state index contributed by atoms with van der Waals surface area (Å²) in [5, 5.41) is 0. The predicted molar refractivity (Wildman–Crippen MR) is 40.6 cm³/mol. The van der Waals surface area contributed by atoms with Crippen LogP contribution in [0.5, 0.6) is 0 Å². The van der Waals surface area contributed by atoms with Crippen LogP contribution in [0.25, 0.3) is 0 Å². The molecule has 10 heavy (non-hydrogen) atoms. The highest BCUT2D eigenvalue weighted by molar-refractivity contribution is 4.80. The summed E-state index contributed by atoms with van der Waals surface area (Å²) in [6, 6.07) is 0. The Labute approximate surface area is 61.4 Å².